The summed E-state index contributed by atoms with van der Waals surface area (Å²) in [5.74, 6) is 0.857. The first-order valence-corrected chi connectivity index (χ1v) is 10.6. The van der Waals surface area contributed by atoms with Gasteiger partial charge in [-0.15, -0.1) is 11.3 Å². The van der Waals surface area contributed by atoms with Crippen LogP contribution in [0.25, 0.3) is 10.6 Å². The molecule has 0 spiro atoms. The molecule has 3 aromatic rings. The number of nitrogens with zero attached hydrogens (tertiary/aromatic N) is 1. The number of thiazole rings is 1. The van der Waals surface area contributed by atoms with Gasteiger partial charge >= 0.3 is 0 Å². The molecular weight excluding hydrogens is 368 g/mol. The normalized spacial score (nSPS) is 12.6. The first-order valence-electron chi connectivity index (χ1n) is 9.70. The zero-order chi connectivity index (χ0) is 19.3. The van der Waals surface area contributed by atoms with Gasteiger partial charge in [0.2, 0.25) is 5.91 Å². The second-order valence-electron chi connectivity index (χ2n) is 7.17. The highest BCUT2D eigenvalue weighted by Gasteiger charge is 2.12. The van der Waals surface area contributed by atoms with Crippen LogP contribution >= 0.6 is 11.3 Å². The molecule has 0 saturated heterocycles. The highest BCUT2D eigenvalue weighted by Crippen LogP contribution is 2.26. The maximum Gasteiger partial charge on any atom is 0.226 e. The number of carbonyl (C=O) groups excluding carboxylic acids is 1. The van der Waals surface area contributed by atoms with Crippen molar-refractivity contribution in [2.24, 2.45) is 0 Å². The summed E-state index contributed by atoms with van der Waals surface area (Å²) in [7, 11) is 0. The zero-order valence-electron chi connectivity index (χ0n) is 16.0. The van der Waals surface area contributed by atoms with Gasteiger partial charge in [-0.3, -0.25) is 4.79 Å². The fraction of sp³-hybridized carbons (Fsp3) is 0.304. The van der Waals surface area contributed by atoms with E-state index >= 15 is 0 Å². The molecule has 1 amide bonds. The van der Waals surface area contributed by atoms with Crippen molar-refractivity contribution in [1.29, 1.82) is 0 Å². The molecule has 4 rings (SSSR count). The van der Waals surface area contributed by atoms with E-state index in [-0.39, 0.29) is 5.91 Å². The molecule has 5 heteroatoms. The number of nitrogens with one attached hydrogen (secondary N) is 1. The highest BCUT2D eigenvalue weighted by atomic mass is 32.1. The number of fused-ring (bicyclic) bond motifs is 1. The quantitative estimate of drug-likeness (QED) is 0.609. The Labute approximate surface area is 169 Å². The SMILES string of the molecule is Cc1ccc(-c2nc(CC(=O)NCCOc3ccc4c(c3)CCC4)cs2)cc1. The van der Waals surface area contributed by atoms with Gasteiger partial charge in [0.15, 0.2) is 0 Å². The molecule has 1 heterocycles. The molecule has 1 aromatic heterocycles. The maximum absolute atomic E-state index is 12.2. The van der Waals surface area contributed by atoms with Crippen molar-refractivity contribution in [2.45, 2.75) is 32.6 Å². The molecule has 1 N–H and O–H groups in total. The van der Waals surface area contributed by atoms with Crippen molar-refractivity contribution < 1.29 is 9.53 Å². The van der Waals surface area contributed by atoms with Crippen LogP contribution in [0.15, 0.2) is 47.8 Å². The Bertz CT molecular complexity index is 963. The Morgan fingerprint density at radius 2 is 1.96 bits per heavy atom. The summed E-state index contributed by atoms with van der Waals surface area (Å²) in [5.41, 5.74) is 5.95. The molecule has 28 heavy (non-hydrogen) atoms. The van der Waals surface area contributed by atoms with Gasteiger partial charge in [0.1, 0.15) is 17.4 Å². The summed E-state index contributed by atoms with van der Waals surface area (Å²) in [6, 6.07) is 14.6. The van der Waals surface area contributed by atoms with E-state index in [2.05, 4.69) is 53.6 Å². The lowest BCUT2D eigenvalue weighted by molar-refractivity contribution is -0.120. The standard InChI is InChI=1S/C23H24N2O2S/c1-16-5-7-18(8-6-16)23-25-20(15-28-23)14-22(26)24-11-12-27-21-10-9-17-3-2-4-19(17)13-21/h5-10,13,15H,2-4,11-12,14H2,1H3,(H,24,26). The van der Waals surface area contributed by atoms with Gasteiger partial charge in [0.25, 0.3) is 0 Å². The predicted molar refractivity (Wildman–Crippen MR) is 113 cm³/mol. The first kappa shape index (κ1) is 18.7. The van der Waals surface area contributed by atoms with Crippen LogP contribution in [0.2, 0.25) is 0 Å². The number of rotatable bonds is 7. The molecule has 144 valence electrons. The van der Waals surface area contributed by atoms with Gasteiger partial charge < -0.3 is 10.1 Å². The number of aryl methyl sites for hydroxylation is 3. The number of ether oxygens (including phenoxy) is 1. The fourth-order valence-corrected chi connectivity index (χ4v) is 4.27. The molecule has 2 aromatic carbocycles. The third-order valence-electron chi connectivity index (χ3n) is 4.95. The summed E-state index contributed by atoms with van der Waals surface area (Å²) in [4.78, 5) is 16.8. The van der Waals surface area contributed by atoms with Crippen molar-refractivity contribution >= 4 is 17.2 Å². The predicted octanol–water partition coefficient (Wildman–Crippen LogP) is 4.34. The maximum atomic E-state index is 12.2. The van der Waals surface area contributed by atoms with Crippen molar-refractivity contribution in [2.75, 3.05) is 13.2 Å². The average Bonchev–Trinajstić information content (AvgIpc) is 3.35. The van der Waals surface area contributed by atoms with Crippen LogP contribution in [-0.2, 0) is 24.1 Å². The molecule has 0 saturated carbocycles. The van der Waals surface area contributed by atoms with Crippen LogP contribution < -0.4 is 10.1 Å². The summed E-state index contributed by atoms with van der Waals surface area (Å²) in [5, 5.41) is 5.81. The van der Waals surface area contributed by atoms with Crippen LogP contribution in [0.4, 0.5) is 0 Å². The van der Waals surface area contributed by atoms with Gasteiger partial charge in [-0.25, -0.2) is 4.98 Å². The molecule has 0 atom stereocenters. The number of hydrogen-bond donors (Lipinski definition) is 1. The van der Waals surface area contributed by atoms with Crippen LogP contribution in [0.3, 0.4) is 0 Å². The van der Waals surface area contributed by atoms with Gasteiger partial charge in [-0.05, 0) is 49.4 Å². The second kappa shape index (κ2) is 8.57. The first-order chi connectivity index (χ1) is 13.7. The summed E-state index contributed by atoms with van der Waals surface area (Å²) < 4.78 is 5.78. The summed E-state index contributed by atoms with van der Waals surface area (Å²) >= 11 is 1.57. The largest absolute Gasteiger partial charge is 0.492 e. The second-order valence-corrected chi connectivity index (χ2v) is 8.03. The van der Waals surface area contributed by atoms with Crippen molar-refractivity contribution in [3.05, 3.63) is 70.2 Å². The van der Waals surface area contributed by atoms with E-state index in [1.807, 2.05) is 11.4 Å². The Hall–Kier alpha value is -2.66. The average molecular weight is 393 g/mol. The Morgan fingerprint density at radius 3 is 2.82 bits per heavy atom. The number of aromatic nitrogens is 1. The molecule has 0 bridgehead atoms. The minimum absolute atomic E-state index is 0.0293. The lowest BCUT2D eigenvalue weighted by Gasteiger charge is -2.09. The summed E-state index contributed by atoms with van der Waals surface area (Å²) in [6.45, 7) is 3.02. The molecule has 0 aliphatic heterocycles. The van der Waals surface area contributed by atoms with Gasteiger partial charge in [0.05, 0.1) is 18.7 Å². The minimum Gasteiger partial charge on any atom is -0.492 e. The minimum atomic E-state index is -0.0293. The van der Waals surface area contributed by atoms with Gasteiger partial charge in [0, 0.05) is 10.9 Å². The van der Waals surface area contributed by atoms with Gasteiger partial charge in [-0.1, -0.05) is 35.9 Å². The van der Waals surface area contributed by atoms with Crippen molar-refractivity contribution in [3.8, 4) is 16.3 Å². The van der Waals surface area contributed by atoms with E-state index in [4.69, 9.17) is 4.74 Å². The van der Waals surface area contributed by atoms with E-state index in [0.717, 1.165) is 28.4 Å². The third kappa shape index (κ3) is 4.60. The van der Waals surface area contributed by atoms with E-state index in [9.17, 15) is 4.79 Å². The van der Waals surface area contributed by atoms with E-state index in [1.54, 1.807) is 11.3 Å². The van der Waals surface area contributed by atoms with E-state index < -0.39 is 0 Å². The lowest BCUT2D eigenvalue weighted by Crippen LogP contribution is -2.29. The number of benzene rings is 2. The molecule has 4 nitrogen and oxygen atoms in total. The molecule has 0 fully saturated rings. The molecule has 1 aliphatic carbocycles. The van der Waals surface area contributed by atoms with Crippen LogP contribution in [0, 0.1) is 6.92 Å². The van der Waals surface area contributed by atoms with Crippen molar-refractivity contribution in [1.82, 2.24) is 10.3 Å². The monoisotopic (exact) mass is 392 g/mol. The fourth-order valence-electron chi connectivity index (χ4n) is 3.44. The number of amides is 1. The lowest BCUT2D eigenvalue weighted by atomic mass is 10.1. The number of hydrogen-bond acceptors (Lipinski definition) is 4. The Morgan fingerprint density at radius 1 is 1.14 bits per heavy atom. The van der Waals surface area contributed by atoms with E-state index in [1.165, 1.54) is 29.5 Å². The molecular formula is C23H24N2O2S. The number of carbonyl (C=O) groups is 1. The molecule has 1 aliphatic rings. The van der Waals surface area contributed by atoms with Crippen molar-refractivity contribution in [3.63, 3.8) is 0 Å². The van der Waals surface area contributed by atoms with Crippen LogP contribution in [0.5, 0.6) is 5.75 Å². The Kier molecular flexibility index (Phi) is 5.72. The third-order valence-corrected chi connectivity index (χ3v) is 5.90. The smallest absolute Gasteiger partial charge is 0.226 e. The van der Waals surface area contributed by atoms with E-state index in [0.29, 0.717) is 19.6 Å². The topological polar surface area (TPSA) is 51.2 Å². The Balaban J connectivity index is 1.22. The van der Waals surface area contributed by atoms with Gasteiger partial charge in [-0.2, -0.15) is 0 Å². The van der Waals surface area contributed by atoms with Crippen LogP contribution in [0.1, 0.15) is 28.8 Å². The molecule has 0 unspecified atom stereocenters. The zero-order valence-corrected chi connectivity index (χ0v) is 16.8. The van der Waals surface area contributed by atoms with Crippen LogP contribution in [-0.4, -0.2) is 24.0 Å². The highest BCUT2D eigenvalue weighted by molar-refractivity contribution is 7.13. The molecule has 0 radical (unpaired) electrons. The summed E-state index contributed by atoms with van der Waals surface area (Å²) in [6.07, 6.45) is 3.84.